The molecule has 0 aliphatic heterocycles. The Morgan fingerprint density at radius 1 is 1.14 bits per heavy atom. The van der Waals surface area contributed by atoms with Crippen LogP contribution in [0.3, 0.4) is 0 Å². The van der Waals surface area contributed by atoms with Gasteiger partial charge in [-0.1, -0.05) is 37.3 Å². The van der Waals surface area contributed by atoms with Crippen molar-refractivity contribution < 1.29 is 5.11 Å². The molecule has 0 fully saturated rings. The summed E-state index contributed by atoms with van der Waals surface area (Å²) in [6, 6.07) is 15.1. The molecule has 2 rings (SSSR count). The van der Waals surface area contributed by atoms with E-state index in [4.69, 9.17) is 0 Å². The minimum absolute atomic E-state index is 0.140. The van der Waals surface area contributed by atoms with Gasteiger partial charge in [-0.2, -0.15) is 0 Å². The Labute approximate surface area is 131 Å². The van der Waals surface area contributed by atoms with Gasteiger partial charge < -0.3 is 10.4 Å². The Balaban J connectivity index is 1.84. The Morgan fingerprint density at radius 2 is 1.90 bits per heavy atom. The minimum Gasteiger partial charge on any atom is -0.394 e. The van der Waals surface area contributed by atoms with Gasteiger partial charge in [0.2, 0.25) is 0 Å². The van der Waals surface area contributed by atoms with Crippen molar-refractivity contribution in [2.75, 3.05) is 18.9 Å². The molecular formula is C18H25NOS. The van der Waals surface area contributed by atoms with Gasteiger partial charge in [0.05, 0.1) is 6.61 Å². The normalized spacial score (nSPS) is 14.2. The zero-order valence-corrected chi connectivity index (χ0v) is 13.7. The molecule has 0 spiro atoms. The number of likely N-dealkylation sites (N-methyl/N-ethyl adjacent to an activating group) is 1. The third-order valence-electron chi connectivity index (χ3n) is 3.82. The molecule has 0 aliphatic rings. The van der Waals surface area contributed by atoms with Crippen LogP contribution in [0.4, 0.5) is 0 Å². The average molecular weight is 303 g/mol. The van der Waals surface area contributed by atoms with Crippen molar-refractivity contribution in [3.63, 3.8) is 0 Å². The van der Waals surface area contributed by atoms with E-state index in [1.54, 1.807) is 0 Å². The Kier molecular flexibility index (Phi) is 6.09. The lowest BCUT2D eigenvalue weighted by molar-refractivity contribution is 0.167. The summed E-state index contributed by atoms with van der Waals surface area (Å²) in [6.07, 6.45) is 2.10. The highest BCUT2D eigenvalue weighted by atomic mass is 32.2. The molecule has 0 bridgehead atoms. The first-order valence-corrected chi connectivity index (χ1v) is 8.63. The smallest absolute Gasteiger partial charge is 0.0610 e. The van der Waals surface area contributed by atoms with Crippen molar-refractivity contribution in [1.29, 1.82) is 0 Å². The van der Waals surface area contributed by atoms with Crippen molar-refractivity contribution in [2.45, 2.75) is 37.1 Å². The molecule has 3 heteroatoms. The average Bonchev–Trinajstić information content (AvgIpc) is 2.52. The van der Waals surface area contributed by atoms with E-state index in [0.29, 0.717) is 0 Å². The van der Waals surface area contributed by atoms with Crippen LogP contribution in [0.15, 0.2) is 47.4 Å². The molecule has 2 N–H and O–H groups in total. The number of hydrogen-bond donors (Lipinski definition) is 2. The van der Waals surface area contributed by atoms with Crippen molar-refractivity contribution in [2.24, 2.45) is 0 Å². The summed E-state index contributed by atoms with van der Waals surface area (Å²) in [5, 5.41) is 15.4. The molecule has 0 amide bonds. The van der Waals surface area contributed by atoms with E-state index in [1.165, 1.54) is 15.7 Å². The largest absolute Gasteiger partial charge is 0.394 e. The maximum Gasteiger partial charge on any atom is 0.0610 e. The molecule has 2 aromatic rings. The van der Waals surface area contributed by atoms with Crippen LogP contribution in [0.25, 0.3) is 10.8 Å². The van der Waals surface area contributed by atoms with E-state index >= 15 is 0 Å². The number of thioether (sulfide) groups is 1. The standard InChI is InChI=1S/C18H25NOS/c1-3-19-18(2,14-20)11-6-12-21-17-10-9-15-7-4-5-8-16(15)13-17/h4-5,7-10,13,19-20H,3,6,11-12,14H2,1-2H3. The SMILES string of the molecule is CCNC(C)(CO)CCCSc1ccc2ccccc2c1. The highest BCUT2D eigenvalue weighted by molar-refractivity contribution is 7.99. The summed E-state index contributed by atoms with van der Waals surface area (Å²) in [6.45, 7) is 5.27. The van der Waals surface area contributed by atoms with Gasteiger partial charge in [0, 0.05) is 10.4 Å². The number of aliphatic hydroxyl groups is 1. The lowest BCUT2D eigenvalue weighted by atomic mass is 9.97. The van der Waals surface area contributed by atoms with E-state index in [1.807, 2.05) is 11.8 Å². The number of hydrogen-bond acceptors (Lipinski definition) is 3. The van der Waals surface area contributed by atoms with E-state index < -0.39 is 0 Å². The van der Waals surface area contributed by atoms with Crippen LogP contribution in [-0.4, -0.2) is 29.5 Å². The number of rotatable bonds is 8. The summed E-state index contributed by atoms with van der Waals surface area (Å²) < 4.78 is 0. The maximum absolute atomic E-state index is 9.48. The van der Waals surface area contributed by atoms with Gasteiger partial charge in [0.1, 0.15) is 0 Å². The molecule has 0 heterocycles. The molecule has 1 unspecified atom stereocenters. The molecule has 114 valence electrons. The van der Waals surface area contributed by atoms with E-state index in [-0.39, 0.29) is 12.1 Å². The van der Waals surface area contributed by atoms with Crippen LogP contribution in [-0.2, 0) is 0 Å². The monoisotopic (exact) mass is 303 g/mol. The van der Waals surface area contributed by atoms with Gasteiger partial charge in [0.25, 0.3) is 0 Å². The first-order chi connectivity index (χ1) is 10.2. The fourth-order valence-corrected chi connectivity index (χ4v) is 3.46. The van der Waals surface area contributed by atoms with E-state index in [9.17, 15) is 5.11 Å². The maximum atomic E-state index is 9.48. The van der Waals surface area contributed by atoms with Gasteiger partial charge >= 0.3 is 0 Å². The topological polar surface area (TPSA) is 32.3 Å². The Morgan fingerprint density at radius 3 is 2.62 bits per heavy atom. The first kappa shape index (κ1) is 16.3. The lowest BCUT2D eigenvalue weighted by Gasteiger charge is -2.28. The molecule has 1 atom stereocenters. The molecule has 2 aromatic carbocycles. The quantitative estimate of drug-likeness (QED) is 0.569. The molecule has 0 saturated heterocycles. The predicted molar refractivity (Wildman–Crippen MR) is 93.1 cm³/mol. The molecule has 0 aromatic heterocycles. The summed E-state index contributed by atoms with van der Waals surface area (Å²) in [7, 11) is 0. The van der Waals surface area contributed by atoms with Gasteiger partial charge in [-0.25, -0.2) is 0 Å². The number of fused-ring (bicyclic) bond motifs is 1. The van der Waals surface area contributed by atoms with Crippen molar-refractivity contribution in [1.82, 2.24) is 5.32 Å². The molecule has 21 heavy (non-hydrogen) atoms. The van der Waals surface area contributed by atoms with Crippen LogP contribution in [0.1, 0.15) is 26.7 Å². The number of aliphatic hydroxyl groups excluding tert-OH is 1. The molecular weight excluding hydrogens is 278 g/mol. The first-order valence-electron chi connectivity index (χ1n) is 7.64. The molecule has 0 saturated carbocycles. The molecule has 2 nitrogen and oxygen atoms in total. The summed E-state index contributed by atoms with van der Waals surface area (Å²) in [4.78, 5) is 1.32. The second-order valence-electron chi connectivity index (χ2n) is 5.71. The third kappa shape index (κ3) is 4.73. The number of benzene rings is 2. The Bertz CT molecular complexity index is 572. The third-order valence-corrected chi connectivity index (χ3v) is 4.90. The lowest BCUT2D eigenvalue weighted by Crippen LogP contribution is -2.45. The fourth-order valence-electron chi connectivity index (χ4n) is 2.56. The van der Waals surface area contributed by atoms with Crippen molar-refractivity contribution in [3.8, 4) is 0 Å². The zero-order valence-electron chi connectivity index (χ0n) is 12.9. The second kappa shape index (κ2) is 7.83. The number of nitrogens with one attached hydrogen (secondary N) is 1. The van der Waals surface area contributed by atoms with Crippen LogP contribution in [0, 0.1) is 0 Å². The molecule has 0 radical (unpaired) electrons. The van der Waals surface area contributed by atoms with Gasteiger partial charge in [-0.3, -0.25) is 0 Å². The van der Waals surface area contributed by atoms with E-state index in [2.05, 4.69) is 61.6 Å². The molecule has 0 aliphatic carbocycles. The van der Waals surface area contributed by atoms with Crippen molar-refractivity contribution in [3.05, 3.63) is 42.5 Å². The Hall–Kier alpha value is -1.03. The van der Waals surface area contributed by atoms with Gasteiger partial charge in [0.15, 0.2) is 0 Å². The van der Waals surface area contributed by atoms with Crippen LogP contribution in [0.5, 0.6) is 0 Å². The second-order valence-corrected chi connectivity index (χ2v) is 6.88. The van der Waals surface area contributed by atoms with Gasteiger partial charge in [-0.05, 0) is 55.0 Å². The summed E-state index contributed by atoms with van der Waals surface area (Å²) in [5.41, 5.74) is -0.140. The summed E-state index contributed by atoms with van der Waals surface area (Å²) >= 11 is 1.90. The van der Waals surface area contributed by atoms with Crippen LogP contribution in [0.2, 0.25) is 0 Å². The van der Waals surface area contributed by atoms with Crippen molar-refractivity contribution >= 4 is 22.5 Å². The van der Waals surface area contributed by atoms with E-state index in [0.717, 1.165) is 25.1 Å². The van der Waals surface area contributed by atoms with Crippen LogP contribution >= 0.6 is 11.8 Å². The fraction of sp³-hybridized carbons (Fsp3) is 0.444. The van der Waals surface area contributed by atoms with Gasteiger partial charge in [-0.15, -0.1) is 11.8 Å². The highest BCUT2D eigenvalue weighted by Crippen LogP contribution is 2.25. The predicted octanol–water partition coefficient (Wildman–Crippen LogP) is 4.07. The summed E-state index contributed by atoms with van der Waals surface area (Å²) in [5.74, 6) is 1.08. The van der Waals surface area contributed by atoms with Crippen LogP contribution < -0.4 is 5.32 Å². The minimum atomic E-state index is -0.140. The highest BCUT2D eigenvalue weighted by Gasteiger charge is 2.20. The zero-order chi connectivity index (χ0) is 15.1.